The molecular weight excluding hydrogens is 182 g/mol. The first-order valence-corrected chi connectivity index (χ1v) is 5.39. The maximum absolute atomic E-state index is 10.4. The summed E-state index contributed by atoms with van der Waals surface area (Å²) in [5.41, 5.74) is -1.08. The summed E-state index contributed by atoms with van der Waals surface area (Å²) in [5, 5.41) is 2.78. The lowest BCUT2D eigenvalue weighted by Gasteiger charge is -2.20. The fraction of sp³-hybridized carbons (Fsp3) is 1.00. The third-order valence-corrected chi connectivity index (χ3v) is 2.19. The maximum atomic E-state index is 10.4. The van der Waals surface area contributed by atoms with Crippen molar-refractivity contribution >= 4 is 10.1 Å². The summed E-state index contributed by atoms with van der Waals surface area (Å²) in [5.74, 6) is 0. The van der Waals surface area contributed by atoms with Crippen LogP contribution in [0.4, 0.5) is 0 Å². The monoisotopic (exact) mass is 197 g/mol. The molecule has 0 radical (unpaired) electrons. The average molecular weight is 197 g/mol. The van der Waals surface area contributed by atoms with Gasteiger partial charge >= 0.3 is 0 Å². The lowest BCUT2D eigenvalue weighted by atomic mass is 10.5. The molecule has 0 amide bonds. The maximum Gasteiger partial charge on any atom is 0.293 e. The summed E-state index contributed by atoms with van der Waals surface area (Å²) in [6, 6.07) is 0. The Labute approximate surface area is 72.9 Å². The second-order valence-electron chi connectivity index (χ2n) is 2.02. The summed E-state index contributed by atoms with van der Waals surface area (Å²) in [6.07, 6.45) is 0. The van der Waals surface area contributed by atoms with Crippen molar-refractivity contribution in [3.05, 3.63) is 0 Å². The van der Waals surface area contributed by atoms with Crippen molar-refractivity contribution in [2.24, 2.45) is 0 Å². The second-order valence-corrected chi connectivity index (χ2v) is 3.58. The molecule has 0 aromatic rings. The molecule has 1 heterocycles. The summed E-state index contributed by atoms with van der Waals surface area (Å²) < 4.78 is 33.9. The molecule has 0 aliphatic carbocycles. The van der Waals surface area contributed by atoms with E-state index in [1.165, 1.54) is 0 Å². The van der Waals surface area contributed by atoms with Crippen LogP contribution in [0.15, 0.2) is 0 Å². The van der Waals surface area contributed by atoms with Gasteiger partial charge in [-0.3, -0.25) is 4.55 Å². The molecule has 1 fully saturated rings. The van der Waals surface area contributed by atoms with Crippen molar-refractivity contribution in [1.29, 1.82) is 0 Å². The zero-order valence-electron chi connectivity index (χ0n) is 7.28. The highest BCUT2D eigenvalue weighted by molar-refractivity contribution is 7.86. The van der Waals surface area contributed by atoms with E-state index in [1.807, 2.05) is 13.8 Å². The van der Waals surface area contributed by atoms with Crippen LogP contribution in [0.2, 0.25) is 0 Å². The van der Waals surface area contributed by atoms with Gasteiger partial charge in [-0.25, -0.2) is 0 Å². The predicted molar refractivity (Wildman–Crippen MR) is 45.5 cm³/mol. The van der Waals surface area contributed by atoms with Crippen LogP contribution in [0.25, 0.3) is 0 Å². The largest absolute Gasteiger partial charge is 0.357 e. The molecule has 0 spiro atoms. The molecule has 12 heavy (non-hydrogen) atoms. The fourth-order valence-corrected chi connectivity index (χ4v) is 1.33. The molecule has 1 unspecified atom stereocenters. The van der Waals surface area contributed by atoms with Gasteiger partial charge in [0.15, 0.2) is 5.44 Å². The zero-order chi connectivity index (χ0) is 9.61. The predicted octanol–water partition coefficient (Wildman–Crippen LogP) is -0.154. The van der Waals surface area contributed by atoms with Crippen LogP contribution >= 0.6 is 0 Å². The van der Waals surface area contributed by atoms with Crippen LogP contribution in [-0.2, 0) is 14.9 Å². The lowest BCUT2D eigenvalue weighted by Crippen LogP contribution is -2.42. The molecule has 1 atom stereocenters. The van der Waals surface area contributed by atoms with Gasteiger partial charge < -0.3 is 10.1 Å². The quantitative estimate of drug-likeness (QED) is 0.572. The van der Waals surface area contributed by atoms with Crippen molar-refractivity contribution in [3.63, 3.8) is 0 Å². The minimum Gasteiger partial charge on any atom is -0.357 e. The number of hydrogen-bond donors (Lipinski definition) is 2. The number of hydrogen-bond acceptors (Lipinski definition) is 4. The van der Waals surface area contributed by atoms with Gasteiger partial charge in [-0.05, 0) is 0 Å². The van der Waals surface area contributed by atoms with Crippen molar-refractivity contribution in [3.8, 4) is 0 Å². The molecule has 0 aromatic carbocycles. The smallest absolute Gasteiger partial charge is 0.293 e. The molecule has 5 nitrogen and oxygen atoms in total. The van der Waals surface area contributed by atoms with Crippen molar-refractivity contribution in [1.82, 2.24) is 5.32 Å². The molecule has 0 saturated carbocycles. The SMILES string of the molecule is CC.O=S(=O)(O)C1CNCCO1. The van der Waals surface area contributed by atoms with E-state index in [0.29, 0.717) is 13.2 Å². The van der Waals surface area contributed by atoms with E-state index < -0.39 is 15.6 Å². The zero-order valence-corrected chi connectivity index (χ0v) is 8.10. The minimum atomic E-state index is -4.01. The lowest BCUT2D eigenvalue weighted by molar-refractivity contribution is 0.0729. The topological polar surface area (TPSA) is 75.6 Å². The van der Waals surface area contributed by atoms with Gasteiger partial charge in [-0.2, -0.15) is 8.42 Å². The summed E-state index contributed by atoms with van der Waals surface area (Å²) in [7, 11) is -4.01. The Morgan fingerprint density at radius 3 is 2.33 bits per heavy atom. The number of ether oxygens (including phenoxy) is 1. The van der Waals surface area contributed by atoms with Gasteiger partial charge in [0, 0.05) is 13.1 Å². The fourth-order valence-electron chi connectivity index (χ4n) is 0.733. The van der Waals surface area contributed by atoms with E-state index >= 15 is 0 Å². The molecule has 0 bridgehead atoms. The molecule has 1 rings (SSSR count). The average Bonchev–Trinajstić information content (AvgIpc) is 2.08. The molecular formula is C6H15NO4S. The Morgan fingerprint density at radius 1 is 1.50 bits per heavy atom. The van der Waals surface area contributed by atoms with E-state index in [4.69, 9.17) is 9.29 Å². The van der Waals surface area contributed by atoms with E-state index in [0.717, 1.165) is 0 Å². The second kappa shape index (κ2) is 5.47. The van der Waals surface area contributed by atoms with Crippen LogP contribution < -0.4 is 5.32 Å². The Balaban J connectivity index is 0.000000561. The standard InChI is InChI=1S/C4H9NO4S.C2H6/c6-10(7,8)4-3-5-1-2-9-4;1-2/h4-5H,1-3H2,(H,6,7,8);1-2H3. The van der Waals surface area contributed by atoms with E-state index in [9.17, 15) is 8.42 Å². The normalized spacial score (nSPS) is 24.1. The summed E-state index contributed by atoms with van der Waals surface area (Å²) >= 11 is 0. The first kappa shape index (κ1) is 11.8. The number of nitrogens with one attached hydrogen (secondary N) is 1. The van der Waals surface area contributed by atoms with Crippen LogP contribution in [0.1, 0.15) is 13.8 Å². The van der Waals surface area contributed by atoms with Crippen LogP contribution in [-0.4, -0.2) is 38.1 Å². The van der Waals surface area contributed by atoms with Crippen LogP contribution in [0.5, 0.6) is 0 Å². The van der Waals surface area contributed by atoms with Gasteiger partial charge in [-0.1, -0.05) is 13.8 Å². The number of morpholine rings is 1. The highest BCUT2D eigenvalue weighted by Gasteiger charge is 2.25. The van der Waals surface area contributed by atoms with Gasteiger partial charge in [0.25, 0.3) is 10.1 Å². The minimum absolute atomic E-state index is 0.166. The van der Waals surface area contributed by atoms with E-state index in [1.54, 1.807) is 0 Å². The van der Waals surface area contributed by atoms with Crippen molar-refractivity contribution < 1.29 is 17.7 Å². The molecule has 0 aromatic heterocycles. The van der Waals surface area contributed by atoms with Crippen LogP contribution in [0.3, 0.4) is 0 Å². The van der Waals surface area contributed by atoms with Gasteiger partial charge in [0.2, 0.25) is 0 Å². The highest BCUT2D eigenvalue weighted by atomic mass is 32.2. The van der Waals surface area contributed by atoms with Gasteiger partial charge in [0.05, 0.1) is 6.61 Å². The van der Waals surface area contributed by atoms with Gasteiger partial charge in [0.1, 0.15) is 0 Å². The first-order valence-electron chi connectivity index (χ1n) is 3.89. The molecule has 74 valence electrons. The van der Waals surface area contributed by atoms with E-state index in [-0.39, 0.29) is 6.54 Å². The molecule has 6 heteroatoms. The third-order valence-electron chi connectivity index (χ3n) is 1.23. The summed E-state index contributed by atoms with van der Waals surface area (Å²) in [6.45, 7) is 5.12. The highest BCUT2D eigenvalue weighted by Crippen LogP contribution is 2.02. The van der Waals surface area contributed by atoms with Crippen molar-refractivity contribution in [2.75, 3.05) is 19.7 Å². The van der Waals surface area contributed by atoms with Crippen molar-refractivity contribution in [2.45, 2.75) is 19.3 Å². The molecule has 1 saturated heterocycles. The van der Waals surface area contributed by atoms with Gasteiger partial charge in [-0.15, -0.1) is 0 Å². The number of rotatable bonds is 1. The molecule has 1 aliphatic heterocycles. The Hall–Kier alpha value is -0.170. The third kappa shape index (κ3) is 4.01. The Bertz CT molecular complexity index is 196. The summed E-state index contributed by atoms with van der Waals surface area (Å²) in [4.78, 5) is 0. The first-order chi connectivity index (χ1) is 5.61. The molecule has 1 aliphatic rings. The molecule has 2 N–H and O–H groups in total. The van der Waals surface area contributed by atoms with E-state index in [2.05, 4.69) is 5.32 Å². The Morgan fingerprint density at radius 2 is 2.08 bits per heavy atom. The Kier molecular flexibility index (Phi) is 5.39. The van der Waals surface area contributed by atoms with Crippen LogP contribution in [0, 0.1) is 0 Å².